The maximum Gasteiger partial charge on any atom is 0.255 e. The van der Waals surface area contributed by atoms with Crippen LogP contribution in [0.3, 0.4) is 0 Å². The van der Waals surface area contributed by atoms with Crippen molar-refractivity contribution in [1.29, 1.82) is 0 Å². The average Bonchev–Trinajstić information content (AvgIpc) is 2.41. The molecular formula is C15H15ClIN3O. The number of nitrogens with zero attached hydrogens (tertiary/aromatic N) is 2. The molecule has 1 aromatic carbocycles. The van der Waals surface area contributed by atoms with Gasteiger partial charge in [0.15, 0.2) is 0 Å². The Bertz CT molecular complexity index is 689. The fraction of sp³-hybridized carbons (Fsp3) is 0.200. The highest BCUT2D eigenvalue weighted by molar-refractivity contribution is 14.1. The van der Waals surface area contributed by atoms with Gasteiger partial charge < -0.3 is 10.2 Å². The van der Waals surface area contributed by atoms with E-state index in [9.17, 15) is 4.79 Å². The number of carbonyl (C=O) groups excluding carboxylic acids is 1. The minimum atomic E-state index is -0.202. The third kappa shape index (κ3) is 4.07. The molecule has 6 heteroatoms. The van der Waals surface area contributed by atoms with Crippen molar-refractivity contribution in [3.05, 3.63) is 50.2 Å². The number of anilines is 2. The maximum atomic E-state index is 12.4. The van der Waals surface area contributed by atoms with Crippen LogP contribution >= 0.6 is 34.2 Å². The molecular weight excluding hydrogens is 401 g/mol. The van der Waals surface area contributed by atoms with Crippen LogP contribution in [0, 0.1) is 10.5 Å². The van der Waals surface area contributed by atoms with E-state index in [-0.39, 0.29) is 5.91 Å². The van der Waals surface area contributed by atoms with Crippen LogP contribution in [0.5, 0.6) is 0 Å². The van der Waals surface area contributed by atoms with Crippen LogP contribution in [0.15, 0.2) is 30.3 Å². The number of hydrogen-bond donors (Lipinski definition) is 1. The molecule has 1 heterocycles. The predicted molar refractivity (Wildman–Crippen MR) is 95.4 cm³/mol. The largest absolute Gasteiger partial charge is 0.363 e. The summed E-state index contributed by atoms with van der Waals surface area (Å²) >= 11 is 8.21. The highest BCUT2D eigenvalue weighted by atomic mass is 127. The quantitative estimate of drug-likeness (QED) is 0.609. The monoisotopic (exact) mass is 415 g/mol. The van der Waals surface area contributed by atoms with Crippen molar-refractivity contribution in [1.82, 2.24) is 4.98 Å². The Balaban J connectivity index is 2.28. The van der Waals surface area contributed by atoms with Gasteiger partial charge in [0.05, 0.1) is 0 Å². The zero-order valence-electron chi connectivity index (χ0n) is 11.9. The summed E-state index contributed by atoms with van der Waals surface area (Å²) in [6, 6.07) is 9.13. The summed E-state index contributed by atoms with van der Waals surface area (Å²) < 4.78 is 1.13. The van der Waals surface area contributed by atoms with E-state index in [2.05, 4.69) is 32.9 Å². The van der Waals surface area contributed by atoms with E-state index in [1.807, 2.05) is 39.2 Å². The Kier molecular flexibility index (Phi) is 5.05. The molecule has 0 radical (unpaired) electrons. The lowest BCUT2D eigenvalue weighted by Crippen LogP contribution is -2.16. The van der Waals surface area contributed by atoms with Gasteiger partial charge in [0, 0.05) is 28.9 Å². The van der Waals surface area contributed by atoms with Crippen LogP contribution in [-0.2, 0) is 0 Å². The van der Waals surface area contributed by atoms with Gasteiger partial charge in [-0.3, -0.25) is 4.79 Å². The van der Waals surface area contributed by atoms with E-state index >= 15 is 0 Å². The van der Waals surface area contributed by atoms with Crippen molar-refractivity contribution in [2.45, 2.75) is 6.92 Å². The van der Waals surface area contributed by atoms with Crippen LogP contribution in [0.2, 0.25) is 5.15 Å². The summed E-state index contributed by atoms with van der Waals surface area (Å²) in [5.74, 6) is 0.443. The van der Waals surface area contributed by atoms with E-state index in [4.69, 9.17) is 11.6 Å². The van der Waals surface area contributed by atoms with Gasteiger partial charge in [-0.05, 0) is 65.4 Å². The Morgan fingerprint density at radius 3 is 2.62 bits per heavy atom. The lowest BCUT2D eigenvalue weighted by Gasteiger charge is -2.14. The van der Waals surface area contributed by atoms with Crippen LogP contribution in [0.1, 0.15) is 15.9 Å². The number of aryl methyl sites for hydroxylation is 1. The predicted octanol–water partition coefficient (Wildman–Crippen LogP) is 3.97. The van der Waals surface area contributed by atoms with E-state index in [1.54, 1.807) is 17.0 Å². The molecule has 2 aromatic rings. The van der Waals surface area contributed by atoms with Crippen LogP contribution < -0.4 is 10.2 Å². The number of amides is 1. The number of nitrogens with one attached hydrogen (secondary N) is 1. The van der Waals surface area contributed by atoms with Crippen molar-refractivity contribution in [3.8, 4) is 0 Å². The first-order chi connectivity index (χ1) is 9.86. The third-order valence-corrected chi connectivity index (χ3v) is 3.80. The summed E-state index contributed by atoms with van der Waals surface area (Å²) in [5, 5.41) is 3.20. The molecule has 0 aliphatic carbocycles. The van der Waals surface area contributed by atoms with E-state index < -0.39 is 0 Å². The summed E-state index contributed by atoms with van der Waals surface area (Å²) in [5.41, 5.74) is 2.29. The smallest absolute Gasteiger partial charge is 0.255 e. The Labute approximate surface area is 142 Å². The Morgan fingerprint density at radius 1 is 1.29 bits per heavy atom. The second-order valence-electron chi connectivity index (χ2n) is 4.84. The summed E-state index contributed by atoms with van der Waals surface area (Å²) in [7, 11) is 3.70. The SMILES string of the molecule is Cc1cc(I)ccc1NC(=O)c1cc(Cl)nc(N(C)C)c1. The summed E-state index contributed by atoms with van der Waals surface area (Å²) in [6.45, 7) is 1.96. The normalized spacial score (nSPS) is 10.3. The second-order valence-corrected chi connectivity index (χ2v) is 6.48. The number of aromatic nitrogens is 1. The molecule has 21 heavy (non-hydrogen) atoms. The molecule has 0 aliphatic heterocycles. The fourth-order valence-electron chi connectivity index (χ4n) is 1.81. The van der Waals surface area contributed by atoms with Gasteiger partial charge in [-0.2, -0.15) is 0 Å². The number of carbonyl (C=O) groups is 1. The molecule has 0 bridgehead atoms. The fourth-order valence-corrected chi connectivity index (χ4v) is 2.66. The molecule has 1 N–H and O–H groups in total. The van der Waals surface area contributed by atoms with Gasteiger partial charge in [-0.1, -0.05) is 11.6 Å². The number of hydrogen-bond acceptors (Lipinski definition) is 3. The molecule has 0 spiro atoms. The highest BCUT2D eigenvalue weighted by Gasteiger charge is 2.11. The Morgan fingerprint density at radius 2 is 2.00 bits per heavy atom. The molecule has 1 amide bonds. The van der Waals surface area contributed by atoms with Gasteiger partial charge in [0.1, 0.15) is 11.0 Å². The molecule has 0 atom stereocenters. The minimum absolute atomic E-state index is 0.202. The van der Waals surface area contributed by atoms with Gasteiger partial charge >= 0.3 is 0 Å². The summed E-state index contributed by atoms with van der Waals surface area (Å²) in [4.78, 5) is 18.3. The number of rotatable bonds is 3. The van der Waals surface area contributed by atoms with Crippen molar-refractivity contribution in [3.63, 3.8) is 0 Å². The zero-order chi connectivity index (χ0) is 15.6. The standard InChI is InChI=1S/C15H15ClIN3O/c1-9-6-11(17)4-5-12(9)18-15(21)10-7-13(16)19-14(8-10)20(2)3/h4-8H,1-3H3,(H,18,21). The second kappa shape index (κ2) is 6.62. The van der Waals surface area contributed by atoms with Gasteiger partial charge in [0.25, 0.3) is 5.91 Å². The number of halogens is 2. The lowest BCUT2D eigenvalue weighted by atomic mass is 10.2. The van der Waals surface area contributed by atoms with E-state index in [0.717, 1.165) is 14.8 Å². The molecule has 0 unspecified atom stereocenters. The first-order valence-electron chi connectivity index (χ1n) is 6.29. The van der Waals surface area contributed by atoms with Crippen molar-refractivity contribution < 1.29 is 4.79 Å². The van der Waals surface area contributed by atoms with Gasteiger partial charge in [0.2, 0.25) is 0 Å². The molecule has 0 saturated carbocycles. The van der Waals surface area contributed by atoms with Crippen LogP contribution in [0.4, 0.5) is 11.5 Å². The molecule has 1 aromatic heterocycles. The molecule has 0 aliphatic rings. The first-order valence-corrected chi connectivity index (χ1v) is 7.75. The van der Waals surface area contributed by atoms with E-state index in [1.165, 1.54) is 0 Å². The zero-order valence-corrected chi connectivity index (χ0v) is 14.9. The van der Waals surface area contributed by atoms with Crippen LogP contribution in [-0.4, -0.2) is 25.0 Å². The highest BCUT2D eigenvalue weighted by Crippen LogP contribution is 2.21. The number of pyridine rings is 1. The molecule has 110 valence electrons. The maximum absolute atomic E-state index is 12.4. The Hall–Kier alpha value is -1.34. The molecule has 0 fully saturated rings. The summed E-state index contributed by atoms with van der Waals surface area (Å²) in [6.07, 6.45) is 0. The van der Waals surface area contributed by atoms with E-state index in [0.29, 0.717) is 16.5 Å². The van der Waals surface area contributed by atoms with Crippen LogP contribution in [0.25, 0.3) is 0 Å². The minimum Gasteiger partial charge on any atom is -0.363 e. The van der Waals surface area contributed by atoms with Gasteiger partial charge in [-0.15, -0.1) is 0 Å². The number of benzene rings is 1. The van der Waals surface area contributed by atoms with Crippen molar-refractivity contribution in [2.75, 3.05) is 24.3 Å². The average molecular weight is 416 g/mol. The molecule has 4 nitrogen and oxygen atoms in total. The van der Waals surface area contributed by atoms with Crippen molar-refractivity contribution >= 4 is 51.6 Å². The lowest BCUT2D eigenvalue weighted by molar-refractivity contribution is 0.102. The topological polar surface area (TPSA) is 45.2 Å². The first kappa shape index (κ1) is 16.0. The molecule has 2 rings (SSSR count). The molecule has 0 saturated heterocycles. The van der Waals surface area contributed by atoms with Crippen molar-refractivity contribution in [2.24, 2.45) is 0 Å². The third-order valence-electron chi connectivity index (χ3n) is 2.94. The van der Waals surface area contributed by atoms with Gasteiger partial charge in [-0.25, -0.2) is 4.98 Å².